The Balaban J connectivity index is 2.19. The van der Waals surface area contributed by atoms with Gasteiger partial charge in [0, 0.05) is 0 Å². The summed E-state index contributed by atoms with van der Waals surface area (Å²) in [6.45, 7) is 4.31. The van der Waals surface area contributed by atoms with Crippen LogP contribution in [-0.4, -0.2) is 9.59 Å². The van der Waals surface area contributed by atoms with E-state index in [2.05, 4.69) is 21.9 Å². The van der Waals surface area contributed by atoms with Gasteiger partial charge in [0.25, 0.3) is 0 Å². The molecule has 0 amide bonds. The van der Waals surface area contributed by atoms with Crippen LogP contribution in [0.15, 0.2) is 0 Å². The van der Waals surface area contributed by atoms with Gasteiger partial charge < -0.3 is 0 Å². The van der Waals surface area contributed by atoms with Gasteiger partial charge in [-0.3, -0.25) is 11.3 Å². The molecule has 3 atom stereocenters. The molecular formula is C12H22N4S. The molecule has 0 spiro atoms. The summed E-state index contributed by atoms with van der Waals surface area (Å²) in [6.07, 6.45) is 6.54. The fourth-order valence-electron chi connectivity index (χ4n) is 3.10. The Bertz CT molecular complexity index is 352. The molecule has 1 aliphatic rings. The van der Waals surface area contributed by atoms with Crippen LogP contribution in [0, 0.1) is 18.8 Å². The summed E-state index contributed by atoms with van der Waals surface area (Å²) >= 11 is 1.48. The summed E-state index contributed by atoms with van der Waals surface area (Å²) < 4.78 is 4.03. The van der Waals surface area contributed by atoms with Crippen molar-refractivity contribution in [3.63, 3.8) is 0 Å². The number of hydrogen-bond donors (Lipinski definition) is 2. The second-order valence-corrected chi connectivity index (χ2v) is 5.77. The molecule has 0 aliphatic heterocycles. The minimum atomic E-state index is 0.236. The molecule has 1 heterocycles. The average Bonchev–Trinajstić information content (AvgIpc) is 2.78. The summed E-state index contributed by atoms with van der Waals surface area (Å²) in [5.74, 6) is 7.20. The third kappa shape index (κ3) is 2.67. The van der Waals surface area contributed by atoms with Crippen molar-refractivity contribution in [2.24, 2.45) is 17.7 Å². The van der Waals surface area contributed by atoms with E-state index in [-0.39, 0.29) is 6.04 Å². The third-order valence-electron chi connectivity index (χ3n) is 4.07. The first-order valence-corrected chi connectivity index (χ1v) is 7.30. The zero-order chi connectivity index (χ0) is 12.3. The van der Waals surface area contributed by atoms with Crippen molar-refractivity contribution in [2.75, 3.05) is 0 Å². The number of aromatic nitrogens is 2. The van der Waals surface area contributed by atoms with Crippen LogP contribution in [0.5, 0.6) is 0 Å². The number of hydrogen-bond acceptors (Lipinski definition) is 5. The average molecular weight is 254 g/mol. The lowest BCUT2D eigenvalue weighted by Gasteiger charge is -2.36. The number of aryl methyl sites for hydroxylation is 1. The Labute approximate surface area is 107 Å². The van der Waals surface area contributed by atoms with Crippen molar-refractivity contribution in [2.45, 2.75) is 52.0 Å². The van der Waals surface area contributed by atoms with Crippen molar-refractivity contribution >= 4 is 11.5 Å². The third-order valence-corrected chi connectivity index (χ3v) is 4.98. The Morgan fingerprint density at radius 3 is 2.82 bits per heavy atom. The number of hydrazine groups is 1. The summed E-state index contributed by atoms with van der Waals surface area (Å²) in [6, 6.07) is 0.236. The van der Waals surface area contributed by atoms with Crippen molar-refractivity contribution < 1.29 is 0 Å². The van der Waals surface area contributed by atoms with E-state index < -0.39 is 0 Å². The maximum atomic E-state index is 5.78. The largest absolute Gasteiger partial charge is 0.271 e. The van der Waals surface area contributed by atoms with Gasteiger partial charge in [0.2, 0.25) is 0 Å². The maximum Gasteiger partial charge on any atom is 0.0773 e. The lowest BCUT2D eigenvalue weighted by atomic mass is 9.73. The zero-order valence-electron chi connectivity index (χ0n) is 10.6. The lowest BCUT2D eigenvalue weighted by molar-refractivity contribution is 0.177. The molecule has 3 unspecified atom stereocenters. The molecule has 0 bridgehead atoms. The Kier molecular flexibility index (Phi) is 4.48. The molecule has 0 radical (unpaired) electrons. The van der Waals surface area contributed by atoms with Gasteiger partial charge in [-0.1, -0.05) is 37.1 Å². The van der Waals surface area contributed by atoms with E-state index in [1.54, 1.807) is 0 Å². The van der Waals surface area contributed by atoms with Crippen LogP contribution in [0.1, 0.15) is 55.6 Å². The second kappa shape index (κ2) is 5.89. The molecule has 2 rings (SSSR count). The van der Waals surface area contributed by atoms with Gasteiger partial charge in [-0.25, -0.2) is 0 Å². The van der Waals surface area contributed by atoms with Crippen LogP contribution < -0.4 is 11.3 Å². The number of rotatable bonds is 4. The molecule has 5 heteroatoms. The molecule has 17 heavy (non-hydrogen) atoms. The van der Waals surface area contributed by atoms with Crippen LogP contribution in [-0.2, 0) is 0 Å². The van der Waals surface area contributed by atoms with Crippen LogP contribution in [0.4, 0.5) is 0 Å². The standard InChI is InChI=1S/C12H22N4S/c1-3-9-6-4-5-7-10(9)11(14-13)12-8(2)15-16-17-12/h9-11,14H,3-7,13H2,1-2H3. The molecule has 0 aromatic carbocycles. The molecule has 96 valence electrons. The molecule has 0 saturated heterocycles. The first-order valence-electron chi connectivity index (χ1n) is 6.52. The Morgan fingerprint density at radius 1 is 1.47 bits per heavy atom. The highest BCUT2D eigenvalue weighted by Crippen LogP contribution is 2.41. The first-order chi connectivity index (χ1) is 8.27. The fourth-order valence-corrected chi connectivity index (χ4v) is 3.88. The fraction of sp³-hybridized carbons (Fsp3) is 0.833. The summed E-state index contributed by atoms with van der Waals surface area (Å²) in [5, 5.41) is 4.10. The molecule has 4 nitrogen and oxygen atoms in total. The monoisotopic (exact) mass is 254 g/mol. The van der Waals surface area contributed by atoms with E-state index >= 15 is 0 Å². The van der Waals surface area contributed by atoms with Gasteiger partial charge in [-0.2, -0.15) is 0 Å². The summed E-state index contributed by atoms with van der Waals surface area (Å²) in [5.41, 5.74) is 4.04. The molecule has 1 fully saturated rings. The number of nitrogens with two attached hydrogens (primary N) is 1. The van der Waals surface area contributed by atoms with E-state index in [1.807, 2.05) is 6.92 Å². The highest BCUT2D eigenvalue weighted by molar-refractivity contribution is 7.05. The predicted octanol–water partition coefficient (Wildman–Crippen LogP) is 2.57. The summed E-state index contributed by atoms with van der Waals surface area (Å²) in [4.78, 5) is 1.22. The van der Waals surface area contributed by atoms with Crippen LogP contribution in [0.2, 0.25) is 0 Å². The summed E-state index contributed by atoms with van der Waals surface area (Å²) in [7, 11) is 0. The molecule has 1 aliphatic carbocycles. The predicted molar refractivity (Wildman–Crippen MR) is 70.4 cm³/mol. The van der Waals surface area contributed by atoms with Crippen LogP contribution >= 0.6 is 11.5 Å². The maximum absolute atomic E-state index is 5.78. The SMILES string of the molecule is CCC1CCCCC1C(NN)c1snnc1C. The van der Waals surface area contributed by atoms with Crippen LogP contribution in [0.25, 0.3) is 0 Å². The lowest BCUT2D eigenvalue weighted by Crippen LogP contribution is -2.38. The first kappa shape index (κ1) is 12.9. The molecule has 3 N–H and O–H groups in total. The van der Waals surface area contributed by atoms with E-state index in [9.17, 15) is 0 Å². The minimum Gasteiger partial charge on any atom is -0.271 e. The van der Waals surface area contributed by atoms with Crippen molar-refractivity contribution in [1.29, 1.82) is 0 Å². The molecule has 1 saturated carbocycles. The smallest absolute Gasteiger partial charge is 0.0773 e. The van der Waals surface area contributed by atoms with E-state index in [1.165, 1.54) is 48.5 Å². The quantitative estimate of drug-likeness (QED) is 0.640. The second-order valence-electron chi connectivity index (χ2n) is 4.98. The Hall–Kier alpha value is -0.520. The Morgan fingerprint density at radius 2 is 2.24 bits per heavy atom. The van der Waals surface area contributed by atoms with E-state index in [0.29, 0.717) is 5.92 Å². The van der Waals surface area contributed by atoms with Gasteiger partial charge in [-0.05, 0) is 36.7 Å². The van der Waals surface area contributed by atoms with Gasteiger partial charge in [0.15, 0.2) is 0 Å². The van der Waals surface area contributed by atoms with Gasteiger partial charge in [-0.15, -0.1) is 5.10 Å². The zero-order valence-corrected chi connectivity index (χ0v) is 11.5. The van der Waals surface area contributed by atoms with Gasteiger partial charge in [0.1, 0.15) is 0 Å². The van der Waals surface area contributed by atoms with Crippen molar-refractivity contribution in [3.8, 4) is 0 Å². The van der Waals surface area contributed by atoms with E-state index in [0.717, 1.165) is 11.6 Å². The number of nitrogens with one attached hydrogen (secondary N) is 1. The highest BCUT2D eigenvalue weighted by atomic mass is 32.1. The highest BCUT2D eigenvalue weighted by Gasteiger charge is 2.33. The molecular weight excluding hydrogens is 232 g/mol. The number of nitrogens with zero attached hydrogens (tertiary/aromatic N) is 2. The van der Waals surface area contributed by atoms with Crippen molar-refractivity contribution in [1.82, 2.24) is 15.0 Å². The van der Waals surface area contributed by atoms with Crippen LogP contribution in [0.3, 0.4) is 0 Å². The van der Waals surface area contributed by atoms with Crippen molar-refractivity contribution in [3.05, 3.63) is 10.6 Å². The molecule has 1 aromatic heterocycles. The van der Waals surface area contributed by atoms with E-state index in [4.69, 9.17) is 5.84 Å². The normalized spacial score (nSPS) is 27.0. The van der Waals surface area contributed by atoms with Gasteiger partial charge >= 0.3 is 0 Å². The minimum absolute atomic E-state index is 0.236. The molecule has 1 aromatic rings. The van der Waals surface area contributed by atoms with Gasteiger partial charge in [0.05, 0.1) is 16.6 Å². The topological polar surface area (TPSA) is 63.8 Å².